The van der Waals surface area contributed by atoms with Gasteiger partial charge in [-0.1, -0.05) is 42.1 Å². The maximum atomic E-state index is 11.9. The molecule has 0 amide bonds. The first-order chi connectivity index (χ1) is 8.66. The third-order valence-electron chi connectivity index (χ3n) is 3.22. The maximum absolute atomic E-state index is 11.9. The molecule has 0 atom stereocenters. The molecule has 0 aliphatic heterocycles. The van der Waals surface area contributed by atoms with E-state index in [2.05, 4.69) is 0 Å². The third-order valence-corrected chi connectivity index (χ3v) is 5.36. The molecule has 2 rings (SSSR count). The normalized spacial score (nSPS) is 16.1. The number of halogens is 2. The molecule has 0 radical (unpaired) electrons. The fraction of sp³-hybridized carbons (Fsp3) is 0.500. The molecule has 4 heteroatoms. The lowest BCUT2D eigenvalue weighted by molar-refractivity contribution is -0.116. The molecule has 1 nitrogen and oxygen atoms in total. The average Bonchev–Trinajstić information content (AvgIpc) is 2.84. The number of ketones is 1. The van der Waals surface area contributed by atoms with E-state index in [1.165, 1.54) is 25.7 Å². The maximum Gasteiger partial charge on any atom is 0.147 e. The summed E-state index contributed by atoms with van der Waals surface area (Å²) in [5.41, 5.74) is 0.762. The predicted octanol–water partition coefficient (Wildman–Crippen LogP) is 4.78. The smallest absolute Gasteiger partial charge is 0.147 e. The number of carbonyl (C=O) groups excluding carboxylic acids is 1. The topological polar surface area (TPSA) is 17.1 Å². The number of hydrogen-bond acceptors (Lipinski definition) is 2. The molecule has 1 aromatic carbocycles. The highest BCUT2D eigenvalue weighted by Gasteiger charge is 2.17. The van der Waals surface area contributed by atoms with Gasteiger partial charge in [-0.25, -0.2) is 0 Å². The van der Waals surface area contributed by atoms with Crippen molar-refractivity contribution in [3.63, 3.8) is 0 Å². The summed E-state index contributed by atoms with van der Waals surface area (Å²) in [7, 11) is 0. The Morgan fingerprint density at radius 2 is 1.83 bits per heavy atom. The molecule has 1 saturated carbocycles. The standard InChI is InChI=1S/C14H16Cl2OS/c15-13-6-3-7-14(16)12(13)8-10(17)9-18-11-4-1-2-5-11/h3,6-7,11H,1-2,4-5,8-9H2. The Kier molecular flexibility index (Phi) is 5.40. The van der Waals surface area contributed by atoms with E-state index in [1.807, 2.05) is 0 Å². The van der Waals surface area contributed by atoms with Gasteiger partial charge in [0.2, 0.25) is 0 Å². The van der Waals surface area contributed by atoms with Gasteiger partial charge in [-0.15, -0.1) is 0 Å². The Labute approximate surface area is 122 Å². The van der Waals surface area contributed by atoms with Crippen molar-refractivity contribution in [1.82, 2.24) is 0 Å². The summed E-state index contributed by atoms with van der Waals surface area (Å²) in [5.74, 6) is 0.786. The lowest BCUT2D eigenvalue weighted by Crippen LogP contribution is -2.09. The van der Waals surface area contributed by atoms with Crippen LogP contribution in [-0.4, -0.2) is 16.8 Å². The molecule has 1 aromatic rings. The molecule has 0 aromatic heterocycles. The van der Waals surface area contributed by atoms with Crippen molar-refractivity contribution in [3.8, 4) is 0 Å². The minimum absolute atomic E-state index is 0.210. The number of rotatable bonds is 5. The Morgan fingerprint density at radius 3 is 2.44 bits per heavy atom. The largest absolute Gasteiger partial charge is 0.298 e. The van der Waals surface area contributed by atoms with Gasteiger partial charge in [0.05, 0.1) is 5.75 Å². The zero-order valence-corrected chi connectivity index (χ0v) is 12.5. The summed E-state index contributed by atoms with van der Waals surface area (Å²) < 4.78 is 0. The van der Waals surface area contributed by atoms with Gasteiger partial charge in [-0.05, 0) is 30.5 Å². The lowest BCUT2D eigenvalue weighted by atomic mass is 10.1. The van der Waals surface area contributed by atoms with Crippen molar-refractivity contribution >= 4 is 40.7 Å². The van der Waals surface area contributed by atoms with Gasteiger partial charge in [0.15, 0.2) is 0 Å². The van der Waals surface area contributed by atoms with E-state index >= 15 is 0 Å². The van der Waals surface area contributed by atoms with Crippen LogP contribution in [0.1, 0.15) is 31.2 Å². The van der Waals surface area contributed by atoms with E-state index in [9.17, 15) is 4.79 Å². The van der Waals surface area contributed by atoms with Gasteiger partial charge in [0.1, 0.15) is 5.78 Å². The van der Waals surface area contributed by atoms with Crippen molar-refractivity contribution < 1.29 is 4.79 Å². The molecule has 0 N–H and O–H groups in total. The third kappa shape index (κ3) is 3.91. The van der Waals surface area contributed by atoms with Gasteiger partial charge in [-0.2, -0.15) is 11.8 Å². The highest BCUT2D eigenvalue weighted by atomic mass is 35.5. The first-order valence-electron chi connectivity index (χ1n) is 6.23. The number of benzene rings is 1. The molecule has 1 aliphatic carbocycles. The SMILES string of the molecule is O=C(CSC1CCCC1)Cc1c(Cl)cccc1Cl. The highest BCUT2D eigenvalue weighted by molar-refractivity contribution is 8.00. The molecular formula is C14H16Cl2OS. The van der Waals surface area contributed by atoms with Gasteiger partial charge in [0.25, 0.3) is 0 Å². The number of Topliss-reactive ketones (excluding diaryl/α,β-unsaturated/α-hetero) is 1. The molecule has 0 unspecified atom stereocenters. The van der Waals surface area contributed by atoms with Crippen LogP contribution < -0.4 is 0 Å². The molecule has 0 spiro atoms. The summed E-state index contributed by atoms with van der Waals surface area (Å²) >= 11 is 13.9. The number of thioether (sulfide) groups is 1. The highest BCUT2D eigenvalue weighted by Crippen LogP contribution is 2.30. The Morgan fingerprint density at radius 1 is 1.22 bits per heavy atom. The molecule has 0 saturated heterocycles. The fourth-order valence-corrected chi connectivity index (χ4v) is 3.94. The van der Waals surface area contributed by atoms with Crippen LogP contribution in [0.3, 0.4) is 0 Å². The first-order valence-corrected chi connectivity index (χ1v) is 8.03. The Bertz CT molecular complexity index is 408. The zero-order valence-electron chi connectivity index (χ0n) is 10.1. The predicted molar refractivity (Wildman–Crippen MR) is 79.9 cm³/mol. The van der Waals surface area contributed by atoms with E-state index in [0.29, 0.717) is 27.5 Å². The Hall–Kier alpha value is -0.180. The van der Waals surface area contributed by atoms with Crippen molar-refractivity contribution in [1.29, 1.82) is 0 Å². The van der Waals surface area contributed by atoms with Crippen molar-refractivity contribution in [3.05, 3.63) is 33.8 Å². The molecule has 0 bridgehead atoms. The first kappa shape index (κ1) is 14.2. The monoisotopic (exact) mass is 302 g/mol. The second kappa shape index (κ2) is 6.83. The van der Waals surface area contributed by atoms with Crippen molar-refractivity contribution in [2.75, 3.05) is 5.75 Å². The van der Waals surface area contributed by atoms with Crippen LogP contribution in [0.5, 0.6) is 0 Å². The second-order valence-corrected chi connectivity index (χ2v) is 6.74. The molecule has 18 heavy (non-hydrogen) atoms. The van der Waals surface area contributed by atoms with Gasteiger partial charge < -0.3 is 0 Å². The quantitative estimate of drug-likeness (QED) is 0.778. The summed E-state index contributed by atoms with van der Waals surface area (Å²) in [4.78, 5) is 11.9. The Balaban J connectivity index is 1.86. The van der Waals surface area contributed by atoms with Crippen LogP contribution in [0.4, 0.5) is 0 Å². The van der Waals surface area contributed by atoms with E-state index in [1.54, 1.807) is 30.0 Å². The molecule has 0 heterocycles. The van der Waals surface area contributed by atoms with Gasteiger partial charge >= 0.3 is 0 Å². The van der Waals surface area contributed by atoms with Crippen molar-refractivity contribution in [2.24, 2.45) is 0 Å². The summed E-state index contributed by atoms with van der Waals surface area (Å²) in [6, 6.07) is 5.35. The van der Waals surface area contributed by atoms with Crippen LogP contribution in [0.15, 0.2) is 18.2 Å². The zero-order chi connectivity index (χ0) is 13.0. The van der Waals surface area contributed by atoms with Crippen LogP contribution in [0.25, 0.3) is 0 Å². The summed E-state index contributed by atoms with van der Waals surface area (Å²) in [5, 5.41) is 1.85. The number of carbonyl (C=O) groups is 1. The van der Waals surface area contributed by atoms with Crippen LogP contribution in [0, 0.1) is 0 Å². The summed E-state index contributed by atoms with van der Waals surface area (Å²) in [6.45, 7) is 0. The average molecular weight is 303 g/mol. The van der Waals surface area contributed by atoms with E-state index < -0.39 is 0 Å². The molecule has 98 valence electrons. The van der Waals surface area contributed by atoms with Crippen LogP contribution in [-0.2, 0) is 11.2 Å². The fourth-order valence-electron chi connectivity index (χ4n) is 2.22. The minimum Gasteiger partial charge on any atom is -0.298 e. The molecule has 1 fully saturated rings. The summed E-state index contributed by atoms with van der Waals surface area (Å²) in [6.07, 6.45) is 5.47. The van der Waals surface area contributed by atoms with Gasteiger partial charge in [0, 0.05) is 21.7 Å². The van der Waals surface area contributed by atoms with Gasteiger partial charge in [-0.3, -0.25) is 4.79 Å². The molecule has 1 aliphatic rings. The second-order valence-electron chi connectivity index (χ2n) is 4.63. The van der Waals surface area contributed by atoms with Crippen molar-refractivity contribution in [2.45, 2.75) is 37.4 Å². The van der Waals surface area contributed by atoms with Crippen LogP contribution in [0.2, 0.25) is 10.0 Å². The van der Waals surface area contributed by atoms with Crippen LogP contribution >= 0.6 is 35.0 Å². The lowest BCUT2D eigenvalue weighted by Gasteiger charge is -2.09. The van der Waals surface area contributed by atoms with E-state index in [4.69, 9.17) is 23.2 Å². The molecular weight excluding hydrogens is 287 g/mol. The van der Waals surface area contributed by atoms with E-state index in [0.717, 1.165) is 5.56 Å². The van der Waals surface area contributed by atoms with E-state index in [-0.39, 0.29) is 5.78 Å². The number of hydrogen-bond donors (Lipinski definition) is 0. The minimum atomic E-state index is 0.210.